The predicted molar refractivity (Wildman–Crippen MR) is 70.3 cm³/mol. The highest BCUT2D eigenvalue weighted by Gasteiger charge is 1.94. The lowest BCUT2D eigenvalue weighted by Gasteiger charge is -2.02. The molecule has 0 fully saturated rings. The summed E-state index contributed by atoms with van der Waals surface area (Å²) in [6.07, 6.45) is 6.23. The van der Waals surface area contributed by atoms with E-state index in [1.165, 1.54) is 5.57 Å². The van der Waals surface area contributed by atoms with Crippen molar-refractivity contribution in [3.05, 3.63) is 35.6 Å². The minimum atomic E-state index is 0.932. The van der Waals surface area contributed by atoms with E-state index in [0.29, 0.717) is 0 Å². The van der Waals surface area contributed by atoms with Crippen LogP contribution in [-0.2, 0) is 0 Å². The summed E-state index contributed by atoms with van der Waals surface area (Å²) in [5.74, 6) is 0. The van der Waals surface area contributed by atoms with Gasteiger partial charge in [-0.25, -0.2) is 0 Å². The van der Waals surface area contributed by atoms with Gasteiger partial charge in [0.25, 0.3) is 0 Å². The first kappa shape index (κ1) is 13.9. The van der Waals surface area contributed by atoms with E-state index in [0.717, 1.165) is 29.8 Å². The van der Waals surface area contributed by atoms with E-state index >= 15 is 0 Å². The first-order chi connectivity index (χ1) is 6.95. The number of hydrogen-bond acceptors (Lipinski definition) is 1. The van der Waals surface area contributed by atoms with Crippen LogP contribution in [0.5, 0.6) is 0 Å². The molecule has 0 bridgehead atoms. The maximum absolute atomic E-state index is 4.52. The highest BCUT2D eigenvalue weighted by Crippen LogP contribution is 2.07. The SMILES string of the molecule is C=C(C)/C=C(/C)CC(C)=N/C(C)=C\CC. The Kier molecular flexibility index (Phi) is 6.68. The third-order valence-corrected chi connectivity index (χ3v) is 1.89. The van der Waals surface area contributed by atoms with Crippen molar-refractivity contribution in [2.24, 2.45) is 4.99 Å². The van der Waals surface area contributed by atoms with E-state index < -0.39 is 0 Å². The van der Waals surface area contributed by atoms with Crippen LogP contribution >= 0.6 is 0 Å². The second kappa shape index (κ2) is 7.22. The molecule has 0 aromatic carbocycles. The summed E-state index contributed by atoms with van der Waals surface area (Å²) in [6, 6.07) is 0. The average molecular weight is 205 g/mol. The number of aliphatic imine (C=N–C) groups is 1. The molecule has 0 amide bonds. The Bertz CT molecular complexity index is 303. The van der Waals surface area contributed by atoms with E-state index in [1.54, 1.807) is 0 Å². The maximum Gasteiger partial charge on any atom is 0.0332 e. The lowest BCUT2D eigenvalue weighted by molar-refractivity contribution is 1.14. The van der Waals surface area contributed by atoms with Crippen LogP contribution in [0.15, 0.2) is 40.6 Å². The first-order valence-corrected chi connectivity index (χ1v) is 5.49. The van der Waals surface area contributed by atoms with Gasteiger partial charge in [-0.3, -0.25) is 4.99 Å². The fourth-order valence-corrected chi connectivity index (χ4v) is 1.56. The van der Waals surface area contributed by atoms with Gasteiger partial charge in [0.2, 0.25) is 0 Å². The number of allylic oxidation sites excluding steroid dienone is 5. The van der Waals surface area contributed by atoms with Crippen LogP contribution in [0.1, 0.15) is 47.5 Å². The van der Waals surface area contributed by atoms with Crippen molar-refractivity contribution in [1.82, 2.24) is 0 Å². The topological polar surface area (TPSA) is 12.4 Å². The molecule has 0 saturated heterocycles. The molecule has 0 spiro atoms. The average Bonchev–Trinajstić information content (AvgIpc) is 2.00. The minimum Gasteiger partial charge on any atom is -0.263 e. The summed E-state index contributed by atoms with van der Waals surface area (Å²) in [5, 5.41) is 0. The molecule has 0 aromatic heterocycles. The van der Waals surface area contributed by atoms with Crippen molar-refractivity contribution in [2.75, 3.05) is 0 Å². The molecule has 0 N–H and O–H groups in total. The molecule has 1 heteroatoms. The summed E-state index contributed by atoms with van der Waals surface area (Å²) in [4.78, 5) is 4.52. The summed E-state index contributed by atoms with van der Waals surface area (Å²) in [5.41, 5.74) is 4.68. The highest BCUT2D eigenvalue weighted by atomic mass is 14.7. The highest BCUT2D eigenvalue weighted by molar-refractivity contribution is 5.85. The lowest BCUT2D eigenvalue weighted by atomic mass is 10.1. The number of nitrogens with zero attached hydrogens (tertiary/aromatic N) is 1. The molecule has 0 rings (SSSR count). The van der Waals surface area contributed by atoms with Gasteiger partial charge in [0.1, 0.15) is 0 Å². The fraction of sp³-hybridized carbons (Fsp3) is 0.500. The second-order valence-corrected chi connectivity index (χ2v) is 4.11. The zero-order valence-corrected chi connectivity index (χ0v) is 10.7. The Morgan fingerprint density at radius 3 is 2.27 bits per heavy atom. The van der Waals surface area contributed by atoms with Gasteiger partial charge in [-0.15, -0.1) is 0 Å². The van der Waals surface area contributed by atoms with Crippen LogP contribution in [0.2, 0.25) is 0 Å². The van der Waals surface area contributed by atoms with Gasteiger partial charge in [0.05, 0.1) is 0 Å². The quantitative estimate of drug-likeness (QED) is 0.456. The van der Waals surface area contributed by atoms with Crippen LogP contribution in [-0.4, -0.2) is 5.71 Å². The van der Waals surface area contributed by atoms with Gasteiger partial charge in [-0.2, -0.15) is 0 Å². The number of hydrogen-bond donors (Lipinski definition) is 0. The third kappa shape index (κ3) is 7.92. The molecule has 0 atom stereocenters. The number of rotatable bonds is 5. The van der Waals surface area contributed by atoms with E-state index in [-0.39, 0.29) is 0 Å². The van der Waals surface area contributed by atoms with Gasteiger partial charge >= 0.3 is 0 Å². The molecule has 0 heterocycles. The molecular formula is C14H23N. The zero-order chi connectivity index (χ0) is 11.8. The molecule has 0 aliphatic carbocycles. The Morgan fingerprint density at radius 2 is 1.80 bits per heavy atom. The van der Waals surface area contributed by atoms with Gasteiger partial charge in [0.15, 0.2) is 0 Å². The van der Waals surface area contributed by atoms with E-state index in [9.17, 15) is 0 Å². The first-order valence-electron chi connectivity index (χ1n) is 5.49. The van der Waals surface area contributed by atoms with Crippen molar-refractivity contribution in [1.29, 1.82) is 0 Å². The van der Waals surface area contributed by atoms with Crippen LogP contribution in [0, 0.1) is 0 Å². The van der Waals surface area contributed by atoms with Crippen molar-refractivity contribution >= 4 is 5.71 Å². The molecule has 15 heavy (non-hydrogen) atoms. The maximum atomic E-state index is 4.52. The van der Waals surface area contributed by atoms with Crippen LogP contribution in [0.4, 0.5) is 0 Å². The molecule has 0 aromatic rings. The smallest absolute Gasteiger partial charge is 0.0332 e. The van der Waals surface area contributed by atoms with Crippen LogP contribution < -0.4 is 0 Å². The monoisotopic (exact) mass is 205 g/mol. The molecule has 84 valence electrons. The van der Waals surface area contributed by atoms with Crippen molar-refractivity contribution in [2.45, 2.75) is 47.5 Å². The molecular weight excluding hydrogens is 182 g/mol. The summed E-state index contributed by atoms with van der Waals surface area (Å²) in [7, 11) is 0. The van der Waals surface area contributed by atoms with E-state index in [2.05, 4.69) is 44.5 Å². The standard InChI is InChI=1S/C14H23N/c1-7-8-13(5)15-14(6)10-12(4)9-11(2)3/h8-9H,2,7,10H2,1,3-6H3/b12-9-,13-8-,15-14?. The summed E-state index contributed by atoms with van der Waals surface area (Å²) < 4.78 is 0. The predicted octanol–water partition coefficient (Wildman–Crippen LogP) is 4.67. The minimum absolute atomic E-state index is 0.932. The normalized spacial score (nSPS) is 14.3. The Morgan fingerprint density at radius 1 is 1.20 bits per heavy atom. The molecule has 0 radical (unpaired) electrons. The van der Waals surface area contributed by atoms with Crippen molar-refractivity contribution in [3.63, 3.8) is 0 Å². The zero-order valence-electron chi connectivity index (χ0n) is 10.7. The fourth-order valence-electron chi connectivity index (χ4n) is 1.56. The molecule has 1 nitrogen and oxygen atoms in total. The largest absolute Gasteiger partial charge is 0.263 e. The van der Waals surface area contributed by atoms with Gasteiger partial charge in [-0.1, -0.05) is 36.8 Å². The van der Waals surface area contributed by atoms with Crippen molar-refractivity contribution < 1.29 is 0 Å². The van der Waals surface area contributed by atoms with Crippen molar-refractivity contribution in [3.8, 4) is 0 Å². The summed E-state index contributed by atoms with van der Waals surface area (Å²) in [6.45, 7) is 14.2. The second-order valence-electron chi connectivity index (χ2n) is 4.11. The molecule has 0 saturated carbocycles. The lowest BCUT2D eigenvalue weighted by Crippen LogP contribution is -1.93. The van der Waals surface area contributed by atoms with E-state index in [1.807, 2.05) is 13.8 Å². The Balaban J connectivity index is 4.42. The summed E-state index contributed by atoms with van der Waals surface area (Å²) >= 11 is 0. The Labute approximate surface area is 94.3 Å². The van der Waals surface area contributed by atoms with Gasteiger partial charge in [0, 0.05) is 17.8 Å². The Hall–Kier alpha value is -1.11. The van der Waals surface area contributed by atoms with Crippen LogP contribution in [0.25, 0.3) is 0 Å². The van der Waals surface area contributed by atoms with E-state index in [4.69, 9.17) is 0 Å². The third-order valence-electron chi connectivity index (χ3n) is 1.89. The van der Waals surface area contributed by atoms with Gasteiger partial charge in [-0.05, 0) is 34.1 Å². The molecule has 0 aliphatic rings. The van der Waals surface area contributed by atoms with Crippen LogP contribution in [0.3, 0.4) is 0 Å². The molecule has 0 unspecified atom stereocenters. The molecule has 0 aliphatic heterocycles. The van der Waals surface area contributed by atoms with Gasteiger partial charge < -0.3 is 0 Å².